The monoisotopic (exact) mass is 241 g/mol. The number of rotatable bonds is 6. The molecule has 0 saturated carbocycles. The first-order chi connectivity index (χ1) is 8.12. The number of ether oxygens (including phenoxy) is 3. The number of methoxy groups -OCH3 is 3. The van der Waals surface area contributed by atoms with Crippen LogP contribution in [0.1, 0.15) is 18.9 Å². The maximum absolute atomic E-state index is 9.31. The van der Waals surface area contributed by atoms with E-state index in [1.807, 2.05) is 0 Å². The largest absolute Gasteiger partial charge is 0.491 e. The van der Waals surface area contributed by atoms with Gasteiger partial charge in [-0.15, -0.1) is 0 Å². The summed E-state index contributed by atoms with van der Waals surface area (Å²) in [5, 5.41) is 9.31. The zero-order valence-corrected chi connectivity index (χ0v) is 10.7. The van der Waals surface area contributed by atoms with Crippen molar-refractivity contribution in [2.24, 2.45) is 0 Å². The molecule has 0 aromatic carbocycles. The summed E-state index contributed by atoms with van der Waals surface area (Å²) in [6, 6.07) is 1.80. The van der Waals surface area contributed by atoms with Gasteiger partial charge < -0.3 is 19.3 Å². The molecule has 0 aliphatic heterocycles. The summed E-state index contributed by atoms with van der Waals surface area (Å²) in [5.74, 6) is 1.46. The SMILES string of the molecule is COc1cc(CCC(C)O)c(OC)c(OC)n1. The van der Waals surface area contributed by atoms with E-state index in [0.29, 0.717) is 30.4 Å². The Balaban J connectivity index is 3.05. The predicted octanol–water partition coefficient (Wildman–Crippen LogP) is 1.42. The number of aryl methyl sites for hydroxylation is 1. The van der Waals surface area contributed by atoms with E-state index in [2.05, 4.69) is 4.98 Å². The van der Waals surface area contributed by atoms with E-state index in [0.717, 1.165) is 5.56 Å². The minimum atomic E-state index is -0.357. The lowest BCUT2D eigenvalue weighted by Crippen LogP contribution is -2.05. The lowest BCUT2D eigenvalue weighted by atomic mass is 10.1. The van der Waals surface area contributed by atoms with E-state index in [1.54, 1.807) is 27.2 Å². The van der Waals surface area contributed by atoms with E-state index in [9.17, 15) is 5.11 Å². The first-order valence-electron chi connectivity index (χ1n) is 5.46. The first-order valence-corrected chi connectivity index (χ1v) is 5.46. The van der Waals surface area contributed by atoms with Crippen molar-refractivity contribution >= 4 is 0 Å². The van der Waals surface area contributed by atoms with Crippen molar-refractivity contribution in [3.8, 4) is 17.5 Å². The van der Waals surface area contributed by atoms with Crippen molar-refractivity contribution in [3.63, 3.8) is 0 Å². The predicted molar refractivity (Wildman–Crippen MR) is 63.9 cm³/mol. The quantitative estimate of drug-likeness (QED) is 0.816. The summed E-state index contributed by atoms with van der Waals surface area (Å²) < 4.78 is 15.5. The highest BCUT2D eigenvalue weighted by molar-refractivity contribution is 5.45. The van der Waals surface area contributed by atoms with E-state index in [1.165, 1.54) is 7.11 Å². The smallest absolute Gasteiger partial charge is 0.260 e. The Morgan fingerprint density at radius 2 is 1.94 bits per heavy atom. The molecule has 5 nitrogen and oxygen atoms in total. The van der Waals surface area contributed by atoms with Crippen molar-refractivity contribution < 1.29 is 19.3 Å². The molecule has 0 spiro atoms. The van der Waals surface area contributed by atoms with Gasteiger partial charge in [0.1, 0.15) is 0 Å². The summed E-state index contributed by atoms with van der Waals surface area (Å²) in [5.41, 5.74) is 0.914. The zero-order chi connectivity index (χ0) is 12.8. The highest BCUT2D eigenvalue weighted by Crippen LogP contribution is 2.33. The number of aliphatic hydroxyl groups excluding tert-OH is 1. The van der Waals surface area contributed by atoms with Crippen LogP contribution >= 0.6 is 0 Å². The van der Waals surface area contributed by atoms with Crippen molar-refractivity contribution in [2.75, 3.05) is 21.3 Å². The standard InChI is InChI=1S/C12H19NO4/c1-8(14)5-6-9-7-10(15-2)13-12(17-4)11(9)16-3/h7-8,14H,5-6H2,1-4H3. The summed E-state index contributed by atoms with van der Waals surface area (Å²) in [6.45, 7) is 1.75. The second-order valence-corrected chi connectivity index (χ2v) is 3.75. The molecule has 1 rings (SSSR count). The van der Waals surface area contributed by atoms with Crippen LogP contribution in [-0.4, -0.2) is 37.5 Å². The van der Waals surface area contributed by atoms with Gasteiger partial charge in [-0.25, -0.2) is 0 Å². The molecule has 0 amide bonds. The molecule has 0 aliphatic rings. The van der Waals surface area contributed by atoms with E-state index >= 15 is 0 Å². The minimum absolute atomic E-state index is 0.357. The van der Waals surface area contributed by atoms with Crippen molar-refractivity contribution in [2.45, 2.75) is 25.9 Å². The van der Waals surface area contributed by atoms with Gasteiger partial charge in [0.15, 0.2) is 5.75 Å². The average molecular weight is 241 g/mol. The summed E-state index contributed by atoms with van der Waals surface area (Å²) >= 11 is 0. The van der Waals surface area contributed by atoms with Gasteiger partial charge in [-0.05, 0) is 19.8 Å². The third-order valence-electron chi connectivity index (χ3n) is 2.43. The molecular formula is C12H19NO4. The fourth-order valence-corrected chi connectivity index (χ4v) is 1.55. The lowest BCUT2D eigenvalue weighted by molar-refractivity contribution is 0.184. The van der Waals surface area contributed by atoms with Crippen molar-refractivity contribution in [1.29, 1.82) is 0 Å². The van der Waals surface area contributed by atoms with E-state index in [-0.39, 0.29) is 6.10 Å². The van der Waals surface area contributed by atoms with Crippen LogP contribution in [0.25, 0.3) is 0 Å². The van der Waals surface area contributed by atoms with Gasteiger partial charge >= 0.3 is 0 Å². The van der Waals surface area contributed by atoms with Gasteiger partial charge in [0.25, 0.3) is 5.88 Å². The molecule has 0 bridgehead atoms. The number of pyridine rings is 1. The molecule has 0 saturated heterocycles. The van der Waals surface area contributed by atoms with Gasteiger partial charge in [0.05, 0.1) is 27.4 Å². The third-order valence-corrected chi connectivity index (χ3v) is 2.43. The molecular weight excluding hydrogens is 222 g/mol. The van der Waals surface area contributed by atoms with Crippen LogP contribution in [0.15, 0.2) is 6.07 Å². The maximum Gasteiger partial charge on any atom is 0.260 e. The van der Waals surface area contributed by atoms with Gasteiger partial charge in [-0.3, -0.25) is 0 Å². The Hall–Kier alpha value is -1.49. The number of nitrogens with zero attached hydrogens (tertiary/aromatic N) is 1. The normalized spacial score (nSPS) is 12.1. The Labute approximate surface area is 101 Å². The lowest BCUT2D eigenvalue weighted by Gasteiger charge is -2.14. The molecule has 1 aromatic heterocycles. The molecule has 1 unspecified atom stereocenters. The Bertz CT molecular complexity index is 366. The molecule has 0 radical (unpaired) electrons. The molecule has 1 heterocycles. The second-order valence-electron chi connectivity index (χ2n) is 3.75. The van der Waals surface area contributed by atoms with E-state index < -0.39 is 0 Å². The van der Waals surface area contributed by atoms with Crippen LogP contribution in [0.5, 0.6) is 17.5 Å². The number of aromatic nitrogens is 1. The van der Waals surface area contributed by atoms with Gasteiger partial charge in [-0.1, -0.05) is 0 Å². The van der Waals surface area contributed by atoms with Crippen LogP contribution in [0.4, 0.5) is 0 Å². The molecule has 17 heavy (non-hydrogen) atoms. The van der Waals surface area contributed by atoms with Gasteiger partial charge in [-0.2, -0.15) is 4.98 Å². The number of hydrogen-bond donors (Lipinski definition) is 1. The van der Waals surface area contributed by atoms with Crippen molar-refractivity contribution in [1.82, 2.24) is 4.98 Å². The summed E-state index contributed by atoms with van der Waals surface area (Å²) in [6.07, 6.45) is 0.966. The number of aliphatic hydroxyl groups is 1. The van der Waals surface area contributed by atoms with Crippen molar-refractivity contribution in [3.05, 3.63) is 11.6 Å². The zero-order valence-electron chi connectivity index (χ0n) is 10.7. The first kappa shape index (κ1) is 13.6. The molecule has 5 heteroatoms. The number of hydrogen-bond acceptors (Lipinski definition) is 5. The topological polar surface area (TPSA) is 60.8 Å². The Morgan fingerprint density at radius 3 is 2.41 bits per heavy atom. The van der Waals surface area contributed by atoms with E-state index in [4.69, 9.17) is 14.2 Å². The summed E-state index contributed by atoms with van der Waals surface area (Å²) in [4.78, 5) is 4.14. The molecule has 1 aromatic rings. The second kappa shape index (κ2) is 6.30. The van der Waals surface area contributed by atoms with Gasteiger partial charge in [0, 0.05) is 11.6 Å². The summed E-state index contributed by atoms with van der Waals surface area (Å²) in [7, 11) is 4.65. The molecule has 1 N–H and O–H groups in total. The minimum Gasteiger partial charge on any atom is -0.491 e. The van der Waals surface area contributed by atoms with Crippen LogP contribution < -0.4 is 14.2 Å². The molecule has 96 valence electrons. The third kappa shape index (κ3) is 3.49. The van der Waals surface area contributed by atoms with Crippen LogP contribution in [0.2, 0.25) is 0 Å². The fraction of sp³-hybridized carbons (Fsp3) is 0.583. The molecule has 0 fully saturated rings. The van der Waals surface area contributed by atoms with Crippen LogP contribution in [-0.2, 0) is 6.42 Å². The van der Waals surface area contributed by atoms with Crippen LogP contribution in [0.3, 0.4) is 0 Å². The maximum atomic E-state index is 9.31. The fourth-order valence-electron chi connectivity index (χ4n) is 1.55. The highest BCUT2D eigenvalue weighted by atomic mass is 16.5. The van der Waals surface area contributed by atoms with Gasteiger partial charge in [0.2, 0.25) is 5.88 Å². The molecule has 1 atom stereocenters. The average Bonchev–Trinajstić information content (AvgIpc) is 2.34. The highest BCUT2D eigenvalue weighted by Gasteiger charge is 2.14. The Morgan fingerprint density at radius 1 is 1.24 bits per heavy atom. The van der Waals surface area contributed by atoms with Crippen LogP contribution in [0, 0.1) is 0 Å². The molecule has 0 aliphatic carbocycles. The Kier molecular flexibility index (Phi) is 5.03.